The Morgan fingerprint density at radius 1 is 1.17 bits per heavy atom. The zero-order valence-electron chi connectivity index (χ0n) is 10.7. The van der Waals surface area contributed by atoms with E-state index in [1.165, 1.54) is 5.56 Å². The molecule has 1 N–H and O–H groups in total. The van der Waals surface area contributed by atoms with Crippen molar-refractivity contribution in [1.29, 1.82) is 0 Å². The van der Waals surface area contributed by atoms with Crippen LogP contribution < -0.4 is 0 Å². The first kappa shape index (κ1) is 12.2. The second-order valence-electron chi connectivity index (χ2n) is 5.64. The summed E-state index contributed by atoms with van der Waals surface area (Å²) in [5.74, 6) is 0.648. The zero-order chi connectivity index (χ0) is 12.4. The van der Waals surface area contributed by atoms with Gasteiger partial charge in [-0.3, -0.25) is 4.90 Å². The second kappa shape index (κ2) is 5.00. The predicted molar refractivity (Wildman–Crippen MR) is 70.6 cm³/mol. The van der Waals surface area contributed by atoms with Gasteiger partial charge in [0.25, 0.3) is 0 Å². The maximum absolute atomic E-state index is 10.4. The van der Waals surface area contributed by atoms with Gasteiger partial charge in [0, 0.05) is 51.6 Å². The number of nitrogens with zero attached hydrogens (tertiary/aromatic N) is 1. The summed E-state index contributed by atoms with van der Waals surface area (Å²) >= 11 is 0. The van der Waals surface area contributed by atoms with Gasteiger partial charge in [0.05, 0.1) is 5.60 Å². The summed E-state index contributed by atoms with van der Waals surface area (Å²) in [6.07, 6.45) is 1.55. The fraction of sp³-hybridized carbons (Fsp3) is 0.600. The predicted octanol–water partition coefficient (Wildman–Crippen LogP) is 1.63. The molecule has 2 saturated heterocycles. The van der Waals surface area contributed by atoms with Crippen molar-refractivity contribution in [2.45, 2.75) is 24.4 Å². The number of aliphatic hydroxyl groups is 1. The maximum atomic E-state index is 10.4. The molecule has 0 bridgehead atoms. The number of hydrogen-bond acceptors (Lipinski definition) is 3. The topological polar surface area (TPSA) is 32.7 Å². The van der Waals surface area contributed by atoms with Crippen LogP contribution in [0.5, 0.6) is 0 Å². The molecule has 0 spiro atoms. The number of hydrogen-bond donors (Lipinski definition) is 1. The third-order valence-electron chi connectivity index (χ3n) is 4.17. The fourth-order valence-electron chi connectivity index (χ4n) is 2.96. The van der Waals surface area contributed by atoms with Gasteiger partial charge >= 0.3 is 0 Å². The van der Waals surface area contributed by atoms with Gasteiger partial charge in [0.15, 0.2) is 0 Å². The van der Waals surface area contributed by atoms with Crippen LogP contribution in [0.15, 0.2) is 30.3 Å². The molecule has 98 valence electrons. The molecule has 2 aliphatic heterocycles. The molecule has 0 saturated carbocycles. The van der Waals surface area contributed by atoms with Gasteiger partial charge in [-0.1, -0.05) is 30.3 Å². The summed E-state index contributed by atoms with van der Waals surface area (Å²) in [6, 6.07) is 10.7. The molecular weight excluding hydrogens is 226 g/mol. The van der Waals surface area contributed by atoms with Crippen molar-refractivity contribution >= 4 is 0 Å². The van der Waals surface area contributed by atoms with Crippen molar-refractivity contribution in [3.05, 3.63) is 35.9 Å². The van der Waals surface area contributed by atoms with E-state index in [9.17, 15) is 5.11 Å². The van der Waals surface area contributed by atoms with Crippen molar-refractivity contribution in [1.82, 2.24) is 4.90 Å². The van der Waals surface area contributed by atoms with Crippen LogP contribution in [0, 0.1) is 0 Å². The van der Waals surface area contributed by atoms with Crippen molar-refractivity contribution in [2.24, 2.45) is 0 Å². The van der Waals surface area contributed by atoms with E-state index < -0.39 is 5.60 Å². The number of rotatable bonds is 3. The minimum atomic E-state index is -0.514. The van der Waals surface area contributed by atoms with Crippen molar-refractivity contribution < 1.29 is 9.84 Å². The molecule has 0 unspecified atom stereocenters. The maximum Gasteiger partial charge on any atom is 0.0817 e. The van der Waals surface area contributed by atoms with Gasteiger partial charge in [-0.25, -0.2) is 0 Å². The van der Waals surface area contributed by atoms with Crippen LogP contribution in [0.4, 0.5) is 0 Å². The zero-order valence-corrected chi connectivity index (χ0v) is 10.7. The number of likely N-dealkylation sites (tertiary alicyclic amines) is 1. The van der Waals surface area contributed by atoms with Gasteiger partial charge < -0.3 is 9.84 Å². The summed E-state index contributed by atoms with van der Waals surface area (Å²) in [4.78, 5) is 2.36. The van der Waals surface area contributed by atoms with Crippen molar-refractivity contribution in [3.8, 4) is 0 Å². The Labute approximate surface area is 108 Å². The van der Waals surface area contributed by atoms with Gasteiger partial charge in [-0.15, -0.1) is 0 Å². The molecule has 3 nitrogen and oxygen atoms in total. The molecule has 18 heavy (non-hydrogen) atoms. The van der Waals surface area contributed by atoms with E-state index in [-0.39, 0.29) is 0 Å². The lowest BCUT2D eigenvalue weighted by molar-refractivity contribution is -0.0896. The summed E-state index contributed by atoms with van der Waals surface area (Å²) in [5, 5.41) is 10.4. The third kappa shape index (κ3) is 2.58. The average Bonchev–Trinajstić information content (AvgIpc) is 2.35. The minimum Gasteiger partial charge on any atom is -0.388 e. The summed E-state index contributed by atoms with van der Waals surface area (Å²) < 4.78 is 5.31. The highest BCUT2D eigenvalue weighted by Crippen LogP contribution is 2.30. The molecule has 1 aromatic carbocycles. The van der Waals surface area contributed by atoms with Gasteiger partial charge in [-0.05, 0) is 5.56 Å². The largest absolute Gasteiger partial charge is 0.388 e. The molecular formula is C15H21NO2. The lowest BCUT2D eigenvalue weighted by Crippen LogP contribution is -2.54. The minimum absolute atomic E-state index is 0.514. The summed E-state index contributed by atoms with van der Waals surface area (Å²) in [5.41, 5.74) is 0.910. The fourth-order valence-corrected chi connectivity index (χ4v) is 2.96. The molecule has 2 fully saturated rings. The van der Waals surface area contributed by atoms with Crippen LogP contribution in [-0.4, -0.2) is 48.5 Å². The van der Waals surface area contributed by atoms with Crippen molar-refractivity contribution in [2.75, 3.05) is 32.8 Å². The van der Waals surface area contributed by atoms with E-state index in [0.717, 1.165) is 32.5 Å². The van der Waals surface area contributed by atoms with Crippen molar-refractivity contribution in [3.63, 3.8) is 0 Å². The molecule has 3 rings (SSSR count). The Bertz CT molecular complexity index is 381. The lowest BCUT2D eigenvalue weighted by Gasteiger charge is -2.45. The Hall–Kier alpha value is -0.900. The molecule has 2 aliphatic rings. The van der Waals surface area contributed by atoms with Crippen LogP contribution >= 0.6 is 0 Å². The Morgan fingerprint density at radius 3 is 2.50 bits per heavy atom. The molecule has 0 atom stereocenters. The smallest absolute Gasteiger partial charge is 0.0817 e. The molecule has 2 heterocycles. The molecule has 0 aromatic heterocycles. The molecule has 0 amide bonds. The lowest BCUT2D eigenvalue weighted by atomic mass is 9.87. The Balaban J connectivity index is 1.50. The first-order chi connectivity index (χ1) is 8.75. The average molecular weight is 247 g/mol. The monoisotopic (exact) mass is 247 g/mol. The van der Waals surface area contributed by atoms with Gasteiger partial charge in [-0.2, -0.15) is 0 Å². The quantitative estimate of drug-likeness (QED) is 0.881. The van der Waals surface area contributed by atoms with Gasteiger partial charge in [0.2, 0.25) is 0 Å². The van der Waals surface area contributed by atoms with E-state index in [0.29, 0.717) is 19.1 Å². The van der Waals surface area contributed by atoms with Crippen LogP contribution in [0.25, 0.3) is 0 Å². The molecule has 3 heteroatoms. The van der Waals surface area contributed by atoms with E-state index in [1.807, 2.05) is 0 Å². The van der Waals surface area contributed by atoms with Crippen LogP contribution in [0.2, 0.25) is 0 Å². The van der Waals surface area contributed by atoms with Crippen LogP contribution in [-0.2, 0) is 4.74 Å². The molecule has 0 radical (unpaired) electrons. The Kier molecular flexibility index (Phi) is 3.37. The SMILES string of the molecule is OC1(CN2CC(c3ccccc3)C2)CCOCC1. The highest BCUT2D eigenvalue weighted by Gasteiger charge is 2.36. The van der Waals surface area contributed by atoms with E-state index in [1.54, 1.807) is 0 Å². The second-order valence-corrected chi connectivity index (χ2v) is 5.64. The first-order valence-electron chi connectivity index (χ1n) is 6.83. The summed E-state index contributed by atoms with van der Waals surface area (Å²) in [6.45, 7) is 4.36. The van der Waals surface area contributed by atoms with E-state index in [2.05, 4.69) is 35.2 Å². The summed E-state index contributed by atoms with van der Waals surface area (Å²) in [7, 11) is 0. The van der Waals surface area contributed by atoms with Crippen LogP contribution in [0.1, 0.15) is 24.3 Å². The number of β-amino-alcohol motifs (C(OH)–C–C–N with tert-alkyl or cyclic N) is 1. The van der Waals surface area contributed by atoms with E-state index >= 15 is 0 Å². The standard InChI is InChI=1S/C15H21NO2/c17-15(6-8-18-9-7-15)12-16-10-14(11-16)13-4-2-1-3-5-13/h1-5,14,17H,6-12H2. The number of benzene rings is 1. The van der Waals surface area contributed by atoms with Gasteiger partial charge in [0.1, 0.15) is 0 Å². The normalized spacial score (nSPS) is 24.7. The van der Waals surface area contributed by atoms with Crippen LogP contribution in [0.3, 0.4) is 0 Å². The molecule has 0 aliphatic carbocycles. The highest BCUT2D eigenvalue weighted by atomic mass is 16.5. The Morgan fingerprint density at radius 2 is 1.83 bits per heavy atom. The number of ether oxygens (including phenoxy) is 1. The first-order valence-corrected chi connectivity index (χ1v) is 6.83. The van der Waals surface area contributed by atoms with E-state index in [4.69, 9.17) is 4.74 Å². The molecule has 1 aromatic rings. The highest BCUT2D eigenvalue weighted by molar-refractivity contribution is 5.22. The third-order valence-corrected chi connectivity index (χ3v) is 4.17.